The Kier molecular flexibility index (Phi) is 68.6. The van der Waals surface area contributed by atoms with E-state index >= 15 is 0 Å². The molecule has 0 aromatic carbocycles. The molecule has 100 heavy (non-hydrogen) atoms. The van der Waals surface area contributed by atoms with Gasteiger partial charge in [0.1, 0.15) is 19.3 Å². The SMILES string of the molecule is CC/C=C\C/C=C\C/C=C\C/C=C\C/C=C\CC(=O)OCC(COP(=O)(O)OCC(O)COP(=O)(O)OCC(COC(=O)CCCCCCC/C=C\C/C=C\C/C=C\CC)OC(=O)CCCCCCC/C=C\CCCCCCCC)OC(=O)CCCCCCC/C=C\C/C=C\C/C=C\CC. The second-order valence-electron chi connectivity index (χ2n) is 24.8. The Morgan fingerprint density at radius 2 is 0.560 bits per heavy atom. The molecule has 0 aromatic heterocycles. The van der Waals surface area contributed by atoms with Crippen LogP contribution in [0.15, 0.2) is 146 Å². The number of aliphatic hydroxyl groups excluding tert-OH is 1. The molecule has 0 heterocycles. The van der Waals surface area contributed by atoms with Gasteiger partial charge < -0.3 is 33.8 Å². The van der Waals surface area contributed by atoms with Crippen LogP contribution in [-0.2, 0) is 65.4 Å². The molecule has 0 bridgehead atoms. The number of esters is 4. The molecule has 0 aromatic rings. The molecule has 0 aliphatic carbocycles. The molecule has 0 rings (SSSR count). The molecule has 5 atom stereocenters. The van der Waals surface area contributed by atoms with E-state index in [1.165, 1.54) is 38.5 Å². The van der Waals surface area contributed by atoms with Crippen molar-refractivity contribution in [3.05, 3.63) is 146 Å². The van der Waals surface area contributed by atoms with E-state index < -0.39 is 97.5 Å². The van der Waals surface area contributed by atoms with Crippen LogP contribution in [0.5, 0.6) is 0 Å². The molecular weight excluding hydrogens is 1310 g/mol. The maximum absolute atomic E-state index is 13.1. The fourth-order valence-electron chi connectivity index (χ4n) is 9.61. The average molecular weight is 1440 g/mol. The number of hydrogen-bond donors (Lipinski definition) is 3. The highest BCUT2D eigenvalue weighted by Gasteiger charge is 2.30. The maximum Gasteiger partial charge on any atom is 0.472 e. The predicted octanol–water partition coefficient (Wildman–Crippen LogP) is 21.9. The third-order valence-corrected chi connectivity index (χ3v) is 17.2. The summed E-state index contributed by atoms with van der Waals surface area (Å²) < 4.78 is 68.3. The number of unbranched alkanes of at least 4 members (excludes halogenated alkanes) is 21. The van der Waals surface area contributed by atoms with Gasteiger partial charge in [-0.2, -0.15) is 0 Å². The third-order valence-electron chi connectivity index (χ3n) is 15.3. The standard InChI is InChI=1S/C81H134O17P2/c1-5-9-13-17-21-25-29-33-37-41-45-49-53-57-61-65-78(83)91-71-76(97-80(85)67-63-59-55-51-47-43-39-35-31-27-23-19-15-11-7-3)73-95-99(87,88)93-69-75(82)70-94-100(89,90)96-74-77(98-81(86)68-64-60-56-52-48-44-40-36-32-28-24-20-16-12-8-4)72-92-79(84)66-62-58-54-50-46-42-38-34-30-26-22-18-14-10-6-2/h9-11,13-15,21-23,25-27,33-40,45,49,57,61,75-77,82H,5-8,12,16-20,24,28-32,41-44,46-48,50-56,58-60,62-74H2,1-4H3,(H,87,88)(H,89,90)/b13-9-,14-10-,15-11-,25-21-,26-22-,27-23-,37-33-,38-34-,39-35-,40-36-,49-45-,61-57-. The zero-order valence-electron chi connectivity index (χ0n) is 62.1. The first kappa shape index (κ1) is 94.9. The van der Waals surface area contributed by atoms with Crippen LogP contribution in [0, 0.1) is 0 Å². The minimum absolute atomic E-state index is 0.0514. The Morgan fingerprint density at radius 1 is 0.300 bits per heavy atom. The highest BCUT2D eigenvalue weighted by molar-refractivity contribution is 7.47. The Balaban J connectivity index is 5.46. The van der Waals surface area contributed by atoms with E-state index in [1.54, 1.807) is 6.08 Å². The van der Waals surface area contributed by atoms with Gasteiger partial charge in [0.25, 0.3) is 0 Å². The van der Waals surface area contributed by atoms with Crippen molar-refractivity contribution in [1.82, 2.24) is 0 Å². The van der Waals surface area contributed by atoms with Gasteiger partial charge in [0, 0.05) is 19.3 Å². The first-order valence-corrected chi connectivity index (χ1v) is 41.1. The number of allylic oxidation sites excluding steroid dienone is 23. The maximum atomic E-state index is 13.1. The molecule has 5 unspecified atom stereocenters. The highest BCUT2D eigenvalue weighted by Crippen LogP contribution is 2.45. The van der Waals surface area contributed by atoms with Crippen molar-refractivity contribution < 1.29 is 80.2 Å². The van der Waals surface area contributed by atoms with Gasteiger partial charge in [0.2, 0.25) is 0 Å². The summed E-state index contributed by atoms with van der Waals surface area (Å²) in [5, 5.41) is 10.6. The molecule has 0 spiro atoms. The third kappa shape index (κ3) is 71.3. The van der Waals surface area contributed by atoms with E-state index in [4.69, 9.17) is 37.0 Å². The van der Waals surface area contributed by atoms with Crippen molar-refractivity contribution in [1.29, 1.82) is 0 Å². The number of carbonyl (C=O) groups is 4. The predicted molar refractivity (Wildman–Crippen MR) is 408 cm³/mol. The molecule has 0 radical (unpaired) electrons. The first-order valence-electron chi connectivity index (χ1n) is 38.1. The molecule has 0 saturated carbocycles. The van der Waals surface area contributed by atoms with Gasteiger partial charge in [0.15, 0.2) is 12.2 Å². The Hall–Kier alpha value is -5.06. The molecule has 3 N–H and O–H groups in total. The topological polar surface area (TPSA) is 237 Å². The summed E-state index contributed by atoms with van der Waals surface area (Å²) in [5.41, 5.74) is 0. The Bertz CT molecular complexity index is 2470. The lowest BCUT2D eigenvalue weighted by atomic mass is 10.1. The van der Waals surface area contributed by atoms with E-state index in [1.807, 2.05) is 18.2 Å². The average Bonchev–Trinajstić information content (AvgIpc) is 1.01. The number of rotatable bonds is 70. The normalized spacial score (nSPS) is 14.8. The lowest BCUT2D eigenvalue weighted by Crippen LogP contribution is -2.30. The lowest BCUT2D eigenvalue weighted by Gasteiger charge is -2.21. The van der Waals surface area contributed by atoms with Crippen LogP contribution in [0.2, 0.25) is 0 Å². The molecular formula is C81H134O17P2. The zero-order valence-corrected chi connectivity index (χ0v) is 63.9. The van der Waals surface area contributed by atoms with Crippen LogP contribution in [0.1, 0.15) is 285 Å². The summed E-state index contributed by atoms with van der Waals surface area (Å²) in [6.07, 6.45) is 81.5. The highest BCUT2D eigenvalue weighted by atomic mass is 31.2. The lowest BCUT2D eigenvalue weighted by molar-refractivity contribution is -0.161. The Morgan fingerprint density at radius 3 is 0.900 bits per heavy atom. The number of carbonyl (C=O) groups excluding carboxylic acids is 4. The van der Waals surface area contributed by atoms with Gasteiger partial charge in [0.05, 0.1) is 32.8 Å². The summed E-state index contributed by atoms with van der Waals surface area (Å²) in [7, 11) is -10.00. The van der Waals surface area contributed by atoms with Gasteiger partial charge in [-0.15, -0.1) is 0 Å². The van der Waals surface area contributed by atoms with Crippen molar-refractivity contribution in [2.75, 3.05) is 39.6 Å². The second-order valence-corrected chi connectivity index (χ2v) is 27.7. The molecule has 0 amide bonds. The monoisotopic (exact) mass is 1440 g/mol. The number of phosphoric acid groups is 2. The minimum Gasteiger partial charge on any atom is -0.462 e. The minimum atomic E-state index is -5.00. The largest absolute Gasteiger partial charge is 0.472 e. The van der Waals surface area contributed by atoms with E-state index in [-0.39, 0.29) is 25.7 Å². The summed E-state index contributed by atoms with van der Waals surface area (Å²) >= 11 is 0. The Labute approximate surface area is 605 Å². The molecule has 0 fully saturated rings. The van der Waals surface area contributed by atoms with Gasteiger partial charge >= 0.3 is 39.5 Å². The fraction of sp³-hybridized carbons (Fsp3) is 0.654. The summed E-state index contributed by atoms with van der Waals surface area (Å²) in [4.78, 5) is 72.8. The van der Waals surface area contributed by atoms with E-state index in [0.717, 1.165) is 167 Å². The molecule has 0 saturated heterocycles. The van der Waals surface area contributed by atoms with Crippen LogP contribution in [0.4, 0.5) is 0 Å². The first-order chi connectivity index (χ1) is 48.7. The van der Waals surface area contributed by atoms with Gasteiger partial charge in [-0.05, 0) is 141 Å². The van der Waals surface area contributed by atoms with Crippen LogP contribution < -0.4 is 0 Å². The van der Waals surface area contributed by atoms with Crippen molar-refractivity contribution in [3.8, 4) is 0 Å². The van der Waals surface area contributed by atoms with Gasteiger partial charge in [-0.3, -0.25) is 37.3 Å². The quantitative estimate of drug-likeness (QED) is 0.0169. The van der Waals surface area contributed by atoms with Crippen LogP contribution >= 0.6 is 15.6 Å². The van der Waals surface area contributed by atoms with Crippen molar-refractivity contribution in [2.45, 2.75) is 303 Å². The molecule has 19 heteroatoms. The summed E-state index contributed by atoms with van der Waals surface area (Å²) in [6.45, 7) is 4.35. The van der Waals surface area contributed by atoms with Crippen molar-refractivity contribution >= 4 is 39.5 Å². The number of phosphoric ester groups is 2. The zero-order chi connectivity index (χ0) is 73.2. The number of ether oxygens (including phenoxy) is 4. The van der Waals surface area contributed by atoms with E-state index in [2.05, 4.69) is 149 Å². The summed E-state index contributed by atoms with van der Waals surface area (Å²) in [6, 6.07) is 0. The summed E-state index contributed by atoms with van der Waals surface area (Å²) in [5.74, 6) is -2.38. The van der Waals surface area contributed by atoms with Crippen LogP contribution in [-0.4, -0.2) is 96.7 Å². The molecule has 570 valence electrons. The van der Waals surface area contributed by atoms with Gasteiger partial charge in [-0.25, -0.2) is 9.13 Å². The molecule has 0 aliphatic heterocycles. The number of hydrogen-bond acceptors (Lipinski definition) is 15. The second kappa shape index (κ2) is 72.3. The van der Waals surface area contributed by atoms with E-state index in [9.17, 15) is 43.2 Å². The van der Waals surface area contributed by atoms with Gasteiger partial charge in [-0.1, -0.05) is 263 Å². The number of aliphatic hydroxyl groups is 1. The van der Waals surface area contributed by atoms with Crippen LogP contribution in [0.25, 0.3) is 0 Å². The molecule has 0 aliphatic rings. The van der Waals surface area contributed by atoms with Crippen molar-refractivity contribution in [3.63, 3.8) is 0 Å². The fourth-order valence-corrected chi connectivity index (χ4v) is 11.2. The smallest absolute Gasteiger partial charge is 0.462 e. The molecule has 17 nitrogen and oxygen atoms in total. The van der Waals surface area contributed by atoms with Crippen LogP contribution in [0.3, 0.4) is 0 Å². The van der Waals surface area contributed by atoms with Crippen molar-refractivity contribution in [2.24, 2.45) is 0 Å². The van der Waals surface area contributed by atoms with E-state index in [0.29, 0.717) is 25.7 Å².